The standard InChI is InChI=1S/C27H29NO3/c1-3-8-22(9-4-1)27(23-10-5-2-6-11-23)31-24-12-7-16-28(19-24)17-15-21-13-14-25-26(18-21)30-20-29-25/h1-6,8-11,13-14,18,24,27H,7,12,15-17,19-20H2/t24-/m1/s1/i1D,2D,3D,4D,5D,6D,8D,9D,10D,11D,15D2,27D. The second kappa shape index (κ2) is 9.54. The van der Waals surface area contributed by atoms with Gasteiger partial charge in [-0.05, 0) is 54.6 Å². The first-order chi connectivity index (χ1) is 20.6. The van der Waals surface area contributed by atoms with Crippen LogP contribution in [-0.2, 0) is 11.1 Å². The molecule has 2 aliphatic rings. The lowest BCUT2D eigenvalue weighted by atomic mass is 10.00. The van der Waals surface area contributed by atoms with Crippen molar-refractivity contribution in [3.63, 3.8) is 0 Å². The Hall–Kier alpha value is -2.82. The lowest BCUT2D eigenvalue weighted by Crippen LogP contribution is -2.41. The molecule has 0 aromatic heterocycles. The summed E-state index contributed by atoms with van der Waals surface area (Å²) in [6.45, 7) is 0.491. The first-order valence-corrected chi connectivity index (χ1v) is 10.0. The number of rotatable bonds is 7. The maximum absolute atomic E-state index is 9.50. The predicted molar refractivity (Wildman–Crippen MR) is 122 cm³/mol. The fourth-order valence-electron chi connectivity index (χ4n) is 3.60. The minimum Gasteiger partial charge on any atom is -0.454 e. The van der Waals surface area contributed by atoms with Crippen LogP contribution in [0.15, 0.2) is 78.6 Å². The van der Waals surface area contributed by atoms with E-state index in [0.717, 1.165) is 0 Å². The predicted octanol–water partition coefficient (Wildman–Crippen LogP) is 5.23. The van der Waals surface area contributed by atoms with Crippen molar-refractivity contribution in [2.24, 2.45) is 0 Å². The van der Waals surface area contributed by atoms with Crippen LogP contribution in [0.1, 0.15) is 53.4 Å². The molecule has 0 saturated carbocycles. The van der Waals surface area contributed by atoms with Crippen molar-refractivity contribution in [1.82, 2.24) is 4.90 Å². The molecule has 160 valence electrons. The number of benzene rings is 3. The molecular formula is C27H29NO3. The maximum atomic E-state index is 9.50. The van der Waals surface area contributed by atoms with E-state index in [4.69, 9.17) is 30.7 Å². The van der Waals surface area contributed by atoms with Crippen molar-refractivity contribution < 1.29 is 32.0 Å². The molecule has 0 bridgehead atoms. The van der Waals surface area contributed by atoms with Crippen LogP contribution in [0.4, 0.5) is 0 Å². The highest BCUT2D eigenvalue weighted by Crippen LogP contribution is 2.33. The van der Waals surface area contributed by atoms with E-state index in [2.05, 4.69) is 0 Å². The number of fused-ring (bicyclic) bond motifs is 1. The van der Waals surface area contributed by atoms with Crippen molar-refractivity contribution in [3.05, 3.63) is 95.3 Å². The number of hydrogen-bond donors (Lipinski definition) is 0. The molecule has 0 aliphatic carbocycles. The van der Waals surface area contributed by atoms with E-state index < -0.39 is 90.1 Å². The molecule has 0 spiro atoms. The molecule has 4 nitrogen and oxygen atoms in total. The molecule has 0 N–H and O–H groups in total. The van der Waals surface area contributed by atoms with Crippen molar-refractivity contribution in [1.29, 1.82) is 0 Å². The Bertz CT molecular complexity index is 1510. The van der Waals surface area contributed by atoms with Gasteiger partial charge in [0.2, 0.25) is 6.79 Å². The van der Waals surface area contributed by atoms with Gasteiger partial charge in [-0.3, -0.25) is 0 Å². The molecule has 1 fully saturated rings. The number of ether oxygens (including phenoxy) is 3. The average Bonchev–Trinajstić information content (AvgIpc) is 3.45. The second-order valence-electron chi connectivity index (χ2n) is 7.19. The van der Waals surface area contributed by atoms with Gasteiger partial charge in [0.25, 0.3) is 0 Å². The monoisotopic (exact) mass is 428 g/mol. The highest BCUT2D eigenvalue weighted by atomic mass is 16.7. The second-order valence-corrected chi connectivity index (χ2v) is 7.19. The largest absolute Gasteiger partial charge is 0.454 e. The number of hydrogen-bond acceptors (Lipinski definition) is 4. The third-order valence-corrected chi connectivity index (χ3v) is 5.08. The van der Waals surface area contributed by atoms with E-state index in [1.807, 2.05) is 0 Å². The smallest absolute Gasteiger partial charge is 0.231 e. The summed E-state index contributed by atoms with van der Waals surface area (Å²) in [4.78, 5) is 1.77. The fourth-order valence-corrected chi connectivity index (χ4v) is 3.60. The van der Waals surface area contributed by atoms with E-state index >= 15 is 0 Å². The zero-order valence-corrected chi connectivity index (χ0v) is 16.7. The lowest BCUT2D eigenvalue weighted by Gasteiger charge is -2.35. The topological polar surface area (TPSA) is 30.9 Å². The Morgan fingerprint density at radius 3 is 2.48 bits per heavy atom. The molecule has 0 unspecified atom stereocenters. The highest BCUT2D eigenvalue weighted by molar-refractivity contribution is 5.44. The first kappa shape index (κ1) is 10.2. The number of piperidine rings is 1. The number of likely N-dealkylation sites (tertiary alicyclic amines) is 1. The molecule has 2 aliphatic heterocycles. The number of nitrogens with zero attached hydrogens (tertiary/aromatic N) is 1. The van der Waals surface area contributed by atoms with E-state index in [-0.39, 0.29) is 19.9 Å². The quantitative estimate of drug-likeness (QED) is 0.516. The Morgan fingerprint density at radius 2 is 1.74 bits per heavy atom. The molecule has 31 heavy (non-hydrogen) atoms. The first-order valence-electron chi connectivity index (χ1n) is 16.5. The molecule has 5 rings (SSSR count). The Kier molecular flexibility index (Phi) is 3.14. The van der Waals surface area contributed by atoms with Gasteiger partial charge < -0.3 is 19.1 Å². The SMILES string of the molecule is [2H]c1c([2H])c([2H])c(C([2H])(O[C@@H]2CCCN(CC([2H])([2H])c3ccc4c(c3)OCO4)C2)c2c([2H])c([2H])c([2H])c([2H])c2[2H])c([2H])c1[2H]. The molecular weight excluding hydrogens is 386 g/mol. The van der Waals surface area contributed by atoms with Gasteiger partial charge in [0.05, 0.1) is 21.2 Å². The van der Waals surface area contributed by atoms with E-state index in [0.29, 0.717) is 36.4 Å². The summed E-state index contributed by atoms with van der Waals surface area (Å²) in [6, 6.07) is -2.90. The Morgan fingerprint density at radius 1 is 1.03 bits per heavy atom. The average molecular weight is 429 g/mol. The molecule has 2 heterocycles. The van der Waals surface area contributed by atoms with Gasteiger partial charge in [-0.2, -0.15) is 0 Å². The van der Waals surface area contributed by atoms with Crippen molar-refractivity contribution in [3.8, 4) is 11.5 Å². The maximum Gasteiger partial charge on any atom is 0.231 e. The van der Waals surface area contributed by atoms with Crippen LogP contribution in [0.25, 0.3) is 0 Å². The van der Waals surface area contributed by atoms with Gasteiger partial charge in [0.1, 0.15) is 6.08 Å². The molecule has 4 heteroatoms. The van der Waals surface area contributed by atoms with Gasteiger partial charge in [-0.15, -0.1) is 0 Å². The van der Waals surface area contributed by atoms with Gasteiger partial charge in [-0.1, -0.05) is 66.5 Å². The van der Waals surface area contributed by atoms with Crippen LogP contribution >= 0.6 is 0 Å². The van der Waals surface area contributed by atoms with E-state index in [1.165, 1.54) is 0 Å². The molecule has 1 saturated heterocycles. The Labute approximate surface area is 202 Å². The molecule has 3 aromatic rings. The summed E-state index contributed by atoms with van der Waals surface area (Å²) in [5.41, 5.74) is -1.01. The van der Waals surface area contributed by atoms with Gasteiger partial charge in [0.15, 0.2) is 11.5 Å². The molecule has 1 atom stereocenters. The summed E-state index contributed by atoms with van der Waals surface area (Å²) in [5.74, 6) is 0.950. The Balaban J connectivity index is 1.54. The van der Waals surface area contributed by atoms with E-state index in [9.17, 15) is 1.37 Å². The van der Waals surface area contributed by atoms with Crippen LogP contribution in [-0.4, -0.2) is 37.4 Å². The minimum atomic E-state index is -2.81. The highest BCUT2D eigenvalue weighted by Gasteiger charge is 2.25. The third-order valence-electron chi connectivity index (χ3n) is 5.08. The normalized spacial score (nSPS) is 25.2. The summed E-state index contributed by atoms with van der Waals surface area (Å²) >= 11 is 0. The molecule has 0 amide bonds. The van der Waals surface area contributed by atoms with Crippen LogP contribution in [0.2, 0.25) is 0 Å². The van der Waals surface area contributed by atoms with Gasteiger partial charge in [0, 0.05) is 15.8 Å². The lowest BCUT2D eigenvalue weighted by molar-refractivity contribution is -0.0330. The van der Waals surface area contributed by atoms with E-state index in [1.54, 1.807) is 23.1 Å². The van der Waals surface area contributed by atoms with Crippen molar-refractivity contribution in [2.45, 2.75) is 31.4 Å². The zero-order chi connectivity index (χ0) is 32.3. The summed E-state index contributed by atoms with van der Waals surface area (Å²) < 4.78 is 127. The van der Waals surface area contributed by atoms with Crippen molar-refractivity contribution >= 4 is 0 Å². The van der Waals surface area contributed by atoms with Crippen LogP contribution in [0.5, 0.6) is 11.5 Å². The molecule has 0 radical (unpaired) electrons. The summed E-state index contributed by atoms with van der Waals surface area (Å²) in [5, 5.41) is 0. The van der Waals surface area contributed by atoms with Crippen molar-refractivity contribution in [2.75, 3.05) is 26.4 Å². The van der Waals surface area contributed by atoms with Crippen LogP contribution in [0.3, 0.4) is 0 Å². The van der Waals surface area contributed by atoms with Crippen LogP contribution in [0, 0.1) is 0 Å². The van der Waals surface area contributed by atoms with Gasteiger partial charge >= 0.3 is 0 Å². The van der Waals surface area contributed by atoms with Crippen LogP contribution < -0.4 is 9.47 Å². The minimum absolute atomic E-state index is 0.0455. The zero-order valence-electron chi connectivity index (χ0n) is 29.7. The summed E-state index contributed by atoms with van der Waals surface area (Å²) in [6.07, 6.45) is -4.75. The molecule has 3 aromatic carbocycles. The van der Waals surface area contributed by atoms with Gasteiger partial charge in [-0.25, -0.2) is 0 Å². The third kappa shape index (κ3) is 4.92. The summed E-state index contributed by atoms with van der Waals surface area (Å²) in [7, 11) is 0. The fraction of sp³-hybridized carbons (Fsp3) is 0.333.